The van der Waals surface area contributed by atoms with Crippen LogP contribution in [0.15, 0.2) is 54.6 Å². The smallest absolute Gasteiger partial charge is 0.275 e. The van der Waals surface area contributed by atoms with Crippen LogP contribution in [0.3, 0.4) is 0 Å². The molecule has 0 aliphatic carbocycles. The zero-order valence-corrected chi connectivity index (χ0v) is 12.8. The van der Waals surface area contributed by atoms with Gasteiger partial charge < -0.3 is 9.47 Å². The van der Waals surface area contributed by atoms with Gasteiger partial charge in [-0.25, -0.2) is 0 Å². The van der Waals surface area contributed by atoms with Crippen LogP contribution in [0.2, 0.25) is 0 Å². The number of benzene rings is 2. The van der Waals surface area contributed by atoms with Gasteiger partial charge in [0.2, 0.25) is 0 Å². The molecule has 2 heterocycles. The summed E-state index contributed by atoms with van der Waals surface area (Å²) in [5, 5.41) is 1.11. The average Bonchev–Trinajstić information content (AvgIpc) is 3.04. The van der Waals surface area contributed by atoms with Crippen LogP contribution in [0, 0.1) is 0 Å². The molecular weight excluding hydrogens is 272 g/mol. The quantitative estimate of drug-likeness (QED) is 0.669. The summed E-state index contributed by atoms with van der Waals surface area (Å²) < 4.78 is 1.99. The molecule has 4 rings (SSSR count). The van der Waals surface area contributed by atoms with Crippen molar-refractivity contribution in [2.45, 2.75) is 19.4 Å². The number of anilines is 1. The van der Waals surface area contributed by atoms with E-state index in [9.17, 15) is 4.79 Å². The molecule has 0 spiro atoms. The van der Waals surface area contributed by atoms with Crippen LogP contribution in [0.4, 0.5) is 5.69 Å². The van der Waals surface area contributed by atoms with Crippen molar-refractivity contribution in [3.05, 3.63) is 65.9 Å². The maximum Gasteiger partial charge on any atom is 0.275 e. The first-order valence-corrected chi connectivity index (χ1v) is 7.63. The van der Waals surface area contributed by atoms with Crippen LogP contribution in [-0.4, -0.2) is 16.5 Å². The molecule has 3 aromatic rings. The van der Waals surface area contributed by atoms with E-state index in [1.54, 1.807) is 0 Å². The number of fused-ring (bicyclic) bond motifs is 2. The first-order valence-electron chi connectivity index (χ1n) is 7.63. The van der Waals surface area contributed by atoms with Crippen LogP contribution < -0.4 is 4.90 Å². The van der Waals surface area contributed by atoms with E-state index in [0.717, 1.165) is 28.7 Å². The summed E-state index contributed by atoms with van der Waals surface area (Å²) in [4.78, 5) is 15.0. The molecule has 0 N–H and O–H groups in total. The summed E-state index contributed by atoms with van der Waals surface area (Å²) in [5.41, 5.74) is 4.13. The Bertz CT molecular complexity index is 878. The predicted molar refractivity (Wildman–Crippen MR) is 89.3 cm³/mol. The Morgan fingerprint density at radius 2 is 1.82 bits per heavy atom. The number of hydrogen-bond acceptors (Lipinski definition) is 1. The summed E-state index contributed by atoms with van der Waals surface area (Å²) >= 11 is 0. The van der Waals surface area contributed by atoms with Gasteiger partial charge >= 0.3 is 0 Å². The molecule has 0 saturated carbocycles. The van der Waals surface area contributed by atoms with E-state index in [-0.39, 0.29) is 11.9 Å². The molecule has 0 saturated heterocycles. The topological polar surface area (TPSA) is 25.2 Å². The Morgan fingerprint density at radius 1 is 1.09 bits per heavy atom. The van der Waals surface area contributed by atoms with Crippen molar-refractivity contribution in [3.8, 4) is 0 Å². The Balaban J connectivity index is 1.82. The number of para-hydroxylation sites is 2. The molecule has 3 nitrogen and oxygen atoms in total. The van der Waals surface area contributed by atoms with E-state index < -0.39 is 0 Å². The lowest BCUT2D eigenvalue weighted by Crippen LogP contribution is -2.36. The number of aromatic nitrogens is 1. The molecule has 1 aliphatic heterocycles. The van der Waals surface area contributed by atoms with Crippen molar-refractivity contribution >= 4 is 22.5 Å². The lowest BCUT2D eigenvalue weighted by molar-refractivity contribution is 0.0974. The molecule has 1 aromatic heterocycles. The lowest BCUT2D eigenvalue weighted by atomic mass is 10.1. The molecule has 0 radical (unpaired) electrons. The van der Waals surface area contributed by atoms with Gasteiger partial charge in [-0.05, 0) is 37.1 Å². The molecule has 2 aromatic carbocycles. The van der Waals surface area contributed by atoms with Gasteiger partial charge in [0.1, 0.15) is 5.69 Å². The number of nitrogens with zero attached hydrogens (tertiary/aromatic N) is 2. The number of aryl methyl sites for hydroxylation is 1. The van der Waals surface area contributed by atoms with E-state index in [1.165, 1.54) is 5.56 Å². The van der Waals surface area contributed by atoms with Crippen LogP contribution in [0.25, 0.3) is 10.9 Å². The minimum atomic E-state index is 0.0798. The summed E-state index contributed by atoms with van der Waals surface area (Å²) in [6.07, 6.45) is 0.922. The fourth-order valence-corrected chi connectivity index (χ4v) is 3.49. The number of amides is 1. The molecule has 1 aliphatic rings. The lowest BCUT2D eigenvalue weighted by Gasteiger charge is -2.23. The minimum absolute atomic E-state index is 0.0798. The largest absolute Gasteiger partial charge is 0.340 e. The van der Waals surface area contributed by atoms with Gasteiger partial charge in [-0.15, -0.1) is 0 Å². The minimum Gasteiger partial charge on any atom is -0.340 e. The summed E-state index contributed by atoms with van der Waals surface area (Å²) in [6.45, 7) is 2.11. The van der Waals surface area contributed by atoms with Crippen molar-refractivity contribution in [1.29, 1.82) is 0 Å². The standard InChI is InChI=1S/C19H18N2O/c1-13-11-14-7-4-6-10-17(14)21(13)19(22)18-12-15-8-3-5-9-16(15)20(18)2/h3-10,12-13H,11H2,1-2H3. The molecular formula is C19H18N2O. The Hall–Kier alpha value is -2.55. The highest BCUT2D eigenvalue weighted by Crippen LogP contribution is 2.33. The summed E-state index contributed by atoms with van der Waals surface area (Å²) in [5.74, 6) is 0.0798. The van der Waals surface area contributed by atoms with E-state index >= 15 is 0 Å². The van der Waals surface area contributed by atoms with Gasteiger partial charge in [0, 0.05) is 29.7 Å². The van der Waals surface area contributed by atoms with Crippen molar-refractivity contribution in [2.75, 3.05) is 4.90 Å². The van der Waals surface area contributed by atoms with Crippen molar-refractivity contribution in [1.82, 2.24) is 4.57 Å². The van der Waals surface area contributed by atoms with Crippen LogP contribution in [0.5, 0.6) is 0 Å². The summed E-state index contributed by atoms with van der Waals surface area (Å²) in [7, 11) is 1.96. The third-order valence-electron chi connectivity index (χ3n) is 4.60. The zero-order chi connectivity index (χ0) is 15.3. The molecule has 1 amide bonds. The Kier molecular flexibility index (Phi) is 2.83. The van der Waals surface area contributed by atoms with Crippen LogP contribution in [0.1, 0.15) is 23.0 Å². The molecule has 0 fully saturated rings. The molecule has 1 atom stereocenters. The van der Waals surface area contributed by atoms with Crippen molar-refractivity contribution in [3.63, 3.8) is 0 Å². The number of carbonyl (C=O) groups excluding carboxylic acids is 1. The molecule has 3 heteroatoms. The maximum absolute atomic E-state index is 13.1. The van der Waals surface area contributed by atoms with Gasteiger partial charge in [-0.2, -0.15) is 0 Å². The van der Waals surface area contributed by atoms with Gasteiger partial charge in [-0.3, -0.25) is 4.79 Å². The van der Waals surface area contributed by atoms with Gasteiger partial charge in [-0.1, -0.05) is 36.4 Å². The van der Waals surface area contributed by atoms with Gasteiger partial charge in [0.25, 0.3) is 5.91 Å². The monoisotopic (exact) mass is 290 g/mol. The Morgan fingerprint density at radius 3 is 2.64 bits per heavy atom. The fourth-order valence-electron chi connectivity index (χ4n) is 3.49. The number of hydrogen-bond donors (Lipinski definition) is 0. The first-order chi connectivity index (χ1) is 10.7. The first kappa shape index (κ1) is 13.1. The Labute approximate surface area is 129 Å². The second-order valence-corrected chi connectivity index (χ2v) is 6.00. The van der Waals surface area contributed by atoms with Crippen LogP contribution >= 0.6 is 0 Å². The van der Waals surface area contributed by atoms with Gasteiger partial charge in [0.05, 0.1) is 0 Å². The fraction of sp³-hybridized carbons (Fsp3) is 0.211. The van der Waals surface area contributed by atoms with Crippen LogP contribution in [-0.2, 0) is 13.5 Å². The van der Waals surface area contributed by atoms with Crippen molar-refractivity contribution < 1.29 is 4.79 Å². The van der Waals surface area contributed by atoms with E-state index in [0.29, 0.717) is 0 Å². The van der Waals surface area contributed by atoms with E-state index in [2.05, 4.69) is 13.0 Å². The predicted octanol–water partition coefficient (Wildman–Crippen LogP) is 3.77. The second kappa shape index (κ2) is 4.73. The molecule has 1 unspecified atom stereocenters. The molecule has 0 bridgehead atoms. The highest BCUT2D eigenvalue weighted by molar-refractivity contribution is 6.09. The maximum atomic E-state index is 13.1. The third kappa shape index (κ3) is 1.78. The number of carbonyl (C=O) groups is 1. The number of rotatable bonds is 1. The molecule has 22 heavy (non-hydrogen) atoms. The highest BCUT2D eigenvalue weighted by Gasteiger charge is 2.32. The normalized spacial score (nSPS) is 17.0. The van der Waals surface area contributed by atoms with E-state index in [4.69, 9.17) is 0 Å². The second-order valence-electron chi connectivity index (χ2n) is 6.00. The highest BCUT2D eigenvalue weighted by atomic mass is 16.2. The van der Waals surface area contributed by atoms with Crippen molar-refractivity contribution in [2.24, 2.45) is 7.05 Å². The zero-order valence-electron chi connectivity index (χ0n) is 12.8. The molecule has 110 valence electrons. The van der Waals surface area contributed by atoms with E-state index in [1.807, 2.05) is 65.0 Å². The summed E-state index contributed by atoms with van der Waals surface area (Å²) in [6, 6.07) is 18.5. The average molecular weight is 290 g/mol. The van der Waals surface area contributed by atoms with Gasteiger partial charge in [0.15, 0.2) is 0 Å². The third-order valence-corrected chi connectivity index (χ3v) is 4.60. The SMILES string of the molecule is CC1Cc2ccccc2N1C(=O)c1cc2ccccc2n1C.